The van der Waals surface area contributed by atoms with E-state index < -0.39 is 0 Å². The van der Waals surface area contributed by atoms with E-state index in [9.17, 15) is 4.79 Å². The molecule has 2 heterocycles. The highest BCUT2D eigenvalue weighted by atomic mass is 32.1. The first kappa shape index (κ1) is 13.4. The van der Waals surface area contributed by atoms with Crippen molar-refractivity contribution in [2.45, 2.75) is 26.3 Å². The molecule has 0 amide bonds. The minimum absolute atomic E-state index is 0.111. The number of aromatic nitrogens is 5. The summed E-state index contributed by atoms with van der Waals surface area (Å²) in [6.45, 7) is 4.05. The van der Waals surface area contributed by atoms with Crippen LogP contribution in [0.15, 0.2) is 5.38 Å². The van der Waals surface area contributed by atoms with Crippen molar-refractivity contribution in [2.75, 3.05) is 11.9 Å². The monoisotopic (exact) mass is 282 g/mol. The summed E-state index contributed by atoms with van der Waals surface area (Å²) >= 11 is 1.42. The maximum atomic E-state index is 11.3. The molecule has 102 valence electrons. The second kappa shape index (κ2) is 6.23. The number of aromatic amines is 1. The van der Waals surface area contributed by atoms with Gasteiger partial charge in [0.2, 0.25) is 0 Å². The molecule has 0 aromatic carbocycles. The molecule has 2 rings (SSSR count). The average Bonchev–Trinajstić information content (AvgIpc) is 3.00. The van der Waals surface area contributed by atoms with Crippen LogP contribution in [-0.2, 0) is 16.0 Å². The first-order valence-electron chi connectivity index (χ1n) is 5.79. The fraction of sp³-hybridized carbons (Fsp3) is 0.500. The standard InChI is InChI=1S/C10H14N6O2S/c1-3-18-8(17)4-7-5-19-10(12-7)11-6(2)9-13-15-16-14-9/h5-6H,3-4H2,1-2H3,(H,11,12)(H,13,14,15,16). The molecule has 19 heavy (non-hydrogen) atoms. The van der Waals surface area contributed by atoms with E-state index in [1.165, 1.54) is 11.3 Å². The summed E-state index contributed by atoms with van der Waals surface area (Å²) in [6, 6.07) is -0.111. The number of nitrogens with zero attached hydrogens (tertiary/aromatic N) is 4. The number of nitrogens with one attached hydrogen (secondary N) is 2. The molecular formula is C10H14N6O2S. The van der Waals surface area contributed by atoms with Gasteiger partial charge in [0, 0.05) is 5.38 Å². The van der Waals surface area contributed by atoms with Crippen LogP contribution in [0.1, 0.15) is 31.4 Å². The molecule has 0 saturated heterocycles. The lowest BCUT2D eigenvalue weighted by Crippen LogP contribution is -2.10. The van der Waals surface area contributed by atoms with Crippen molar-refractivity contribution in [1.82, 2.24) is 25.6 Å². The number of carbonyl (C=O) groups is 1. The van der Waals surface area contributed by atoms with Gasteiger partial charge in [-0.2, -0.15) is 5.21 Å². The van der Waals surface area contributed by atoms with Crippen LogP contribution in [0.2, 0.25) is 0 Å². The minimum atomic E-state index is -0.273. The summed E-state index contributed by atoms with van der Waals surface area (Å²) in [6.07, 6.45) is 0.183. The topological polar surface area (TPSA) is 106 Å². The summed E-state index contributed by atoms with van der Waals surface area (Å²) in [7, 11) is 0. The lowest BCUT2D eigenvalue weighted by Gasteiger charge is -2.07. The van der Waals surface area contributed by atoms with Crippen LogP contribution in [0, 0.1) is 0 Å². The Balaban J connectivity index is 1.92. The third-order valence-corrected chi connectivity index (χ3v) is 3.09. The van der Waals surface area contributed by atoms with Gasteiger partial charge in [0.25, 0.3) is 0 Å². The van der Waals surface area contributed by atoms with Gasteiger partial charge >= 0.3 is 5.97 Å². The Morgan fingerprint density at radius 2 is 2.47 bits per heavy atom. The number of anilines is 1. The molecule has 2 aromatic rings. The fourth-order valence-electron chi connectivity index (χ4n) is 1.42. The number of tetrazole rings is 1. The molecule has 0 aliphatic carbocycles. The zero-order chi connectivity index (χ0) is 13.7. The van der Waals surface area contributed by atoms with Crippen LogP contribution in [0.5, 0.6) is 0 Å². The highest BCUT2D eigenvalue weighted by Gasteiger charge is 2.13. The molecule has 0 radical (unpaired) electrons. The molecular weight excluding hydrogens is 268 g/mol. The number of hydrogen-bond donors (Lipinski definition) is 2. The molecule has 0 fully saturated rings. The van der Waals surface area contributed by atoms with Gasteiger partial charge in [-0.05, 0) is 13.8 Å². The van der Waals surface area contributed by atoms with Gasteiger partial charge in [0.15, 0.2) is 11.0 Å². The van der Waals surface area contributed by atoms with Crippen LogP contribution >= 0.6 is 11.3 Å². The number of esters is 1. The zero-order valence-corrected chi connectivity index (χ0v) is 11.4. The maximum absolute atomic E-state index is 11.3. The van der Waals surface area contributed by atoms with Gasteiger partial charge in [0.05, 0.1) is 24.8 Å². The Bertz CT molecular complexity index is 526. The normalized spacial score (nSPS) is 12.1. The molecule has 0 saturated carbocycles. The first-order chi connectivity index (χ1) is 9.19. The van der Waals surface area contributed by atoms with Crippen molar-refractivity contribution in [3.63, 3.8) is 0 Å². The quantitative estimate of drug-likeness (QED) is 0.759. The predicted molar refractivity (Wildman–Crippen MR) is 68.7 cm³/mol. The maximum Gasteiger partial charge on any atom is 0.311 e. The van der Waals surface area contributed by atoms with Crippen LogP contribution < -0.4 is 5.32 Å². The lowest BCUT2D eigenvalue weighted by molar-refractivity contribution is -0.142. The number of thiazole rings is 1. The van der Waals surface area contributed by atoms with Crippen molar-refractivity contribution in [1.29, 1.82) is 0 Å². The molecule has 2 N–H and O–H groups in total. The van der Waals surface area contributed by atoms with E-state index in [4.69, 9.17) is 4.74 Å². The van der Waals surface area contributed by atoms with Crippen LogP contribution in [-0.4, -0.2) is 38.2 Å². The Kier molecular flexibility index (Phi) is 4.39. The molecule has 1 unspecified atom stereocenters. The Hall–Kier alpha value is -2.03. The van der Waals surface area contributed by atoms with Gasteiger partial charge in [-0.25, -0.2) is 4.98 Å². The van der Waals surface area contributed by atoms with Gasteiger partial charge in [0.1, 0.15) is 0 Å². The van der Waals surface area contributed by atoms with E-state index in [1.807, 2.05) is 12.3 Å². The Morgan fingerprint density at radius 1 is 1.63 bits per heavy atom. The minimum Gasteiger partial charge on any atom is -0.466 e. The van der Waals surface area contributed by atoms with Crippen molar-refractivity contribution in [2.24, 2.45) is 0 Å². The van der Waals surface area contributed by atoms with Crippen molar-refractivity contribution in [3.8, 4) is 0 Å². The van der Waals surface area contributed by atoms with Crippen LogP contribution in [0.4, 0.5) is 5.13 Å². The number of rotatable bonds is 6. The molecule has 0 spiro atoms. The summed E-state index contributed by atoms with van der Waals surface area (Å²) in [5, 5.41) is 19.3. The van der Waals surface area contributed by atoms with Crippen LogP contribution in [0.3, 0.4) is 0 Å². The van der Waals surface area contributed by atoms with E-state index in [1.54, 1.807) is 6.92 Å². The number of H-pyrrole nitrogens is 1. The summed E-state index contributed by atoms with van der Waals surface area (Å²) in [5.41, 5.74) is 0.686. The van der Waals surface area contributed by atoms with Crippen LogP contribution in [0.25, 0.3) is 0 Å². The smallest absolute Gasteiger partial charge is 0.311 e. The van der Waals surface area contributed by atoms with Crippen molar-refractivity contribution in [3.05, 3.63) is 16.9 Å². The molecule has 0 bridgehead atoms. The Morgan fingerprint density at radius 3 is 3.16 bits per heavy atom. The van der Waals surface area contributed by atoms with Gasteiger partial charge in [-0.3, -0.25) is 4.79 Å². The number of hydrogen-bond acceptors (Lipinski definition) is 8. The highest BCUT2D eigenvalue weighted by Crippen LogP contribution is 2.20. The first-order valence-corrected chi connectivity index (χ1v) is 6.67. The van der Waals surface area contributed by atoms with Gasteiger partial charge in [-0.1, -0.05) is 5.21 Å². The molecule has 9 heteroatoms. The van der Waals surface area contributed by atoms with Gasteiger partial charge in [-0.15, -0.1) is 21.5 Å². The second-order valence-corrected chi connectivity index (χ2v) is 4.62. The summed E-state index contributed by atoms with van der Waals surface area (Å²) in [4.78, 5) is 15.6. The third kappa shape index (κ3) is 3.71. The van der Waals surface area contributed by atoms with Crippen molar-refractivity contribution >= 4 is 22.4 Å². The number of carbonyl (C=O) groups excluding carboxylic acids is 1. The second-order valence-electron chi connectivity index (χ2n) is 3.76. The van der Waals surface area contributed by atoms with E-state index >= 15 is 0 Å². The average molecular weight is 282 g/mol. The summed E-state index contributed by atoms with van der Waals surface area (Å²) in [5.74, 6) is 0.285. The Labute approximate surface area is 113 Å². The van der Waals surface area contributed by atoms with Gasteiger partial charge < -0.3 is 10.1 Å². The molecule has 2 aromatic heterocycles. The largest absolute Gasteiger partial charge is 0.466 e. The molecule has 8 nitrogen and oxygen atoms in total. The SMILES string of the molecule is CCOC(=O)Cc1csc(NC(C)c2nn[nH]n2)n1. The lowest BCUT2D eigenvalue weighted by atomic mass is 10.3. The van der Waals surface area contributed by atoms with E-state index in [0.29, 0.717) is 23.3 Å². The zero-order valence-electron chi connectivity index (χ0n) is 10.6. The summed E-state index contributed by atoms with van der Waals surface area (Å²) < 4.78 is 4.87. The predicted octanol–water partition coefficient (Wildman–Crippen LogP) is 0.935. The third-order valence-electron chi connectivity index (χ3n) is 2.27. The van der Waals surface area contributed by atoms with E-state index in [2.05, 4.69) is 30.9 Å². The van der Waals surface area contributed by atoms with Crippen molar-refractivity contribution < 1.29 is 9.53 Å². The van der Waals surface area contributed by atoms with E-state index in [-0.39, 0.29) is 18.4 Å². The van der Waals surface area contributed by atoms with E-state index in [0.717, 1.165) is 0 Å². The molecule has 0 aliphatic rings. The molecule has 0 aliphatic heterocycles. The molecule has 1 atom stereocenters. The fourth-order valence-corrected chi connectivity index (χ4v) is 2.22. The number of ether oxygens (including phenoxy) is 1. The highest BCUT2D eigenvalue weighted by molar-refractivity contribution is 7.13.